The first-order valence-corrected chi connectivity index (χ1v) is 11.3. The average Bonchev–Trinajstić information content (AvgIpc) is 2.69. The quantitative estimate of drug-likeness (QED) is 0.722. The molecule has 1 fully saturated rings. The van der Waals surface area contributed by atoms with E-state index in [4.69, 9.17) is 0 Å². The van der Waals surface area contributed by atoms with Crippen molar-refractivity contribution in [2.45, 2.75) is 49.6 Å². The summed E-state index contributed by atoms with van der Waals surface area (Å²) in [6, 6.07) is 8.91. The van der Waals surface area contributed by atoms with Crippen molar-refractivity contribution in [2.75, 3.05) is 24.3 Å². The van der Waals surface area contributed by atoms with Gasteiger partial charge in [0.15, 0.2) is 0 Å². The van der Waals surface area contributed by atoms with Gasteiger partial charge < -0.3 is 10.2 Å². The molecule has 1 heterocycles. The van der Waals surface area contributed by atoms with E-state index in [2.05, 4.69) is 26.6 Å². The Morgan fingerprint density at radius 3 is 2.28 bits per heavy atom. The fourth-order valence-corrected chi connectivity index (χ4v) is 4.80. The maximum Gasteiger partial charge on any atom is 0.240 e. The van der Waals surface area contributed by atoms with Crippen molar-refractivity contribution in [1.29, 1.82) is 0 Å². The molecule has 0 amide bonds. The SMILES string of the molecule is C=Cc1ccc(S(=O)(=O)NC2CCC(Nc3cc(N(C)C)nc(C)n3)CC2)cc1. The Hall–Kier alpha value is -2.45. The molecule has 8 heteroatoms. The standard InChI is InChI=1S/C21H29N5O2S/c1-5-16-6-12-19(13-7-16)29(27,28)25-18-10-8-17(9-11-18)24-20-14-21(26(3)4)23-15(2)22-20/h5-7,12-14,17-18,25H,1,8-11H2,2-4H3,(H,22,23,24). The van der Waals surface area contributed by atoms with Crippen molar-refractivity contribution in [3.8, 4) is 0 Å². The second-order valence-electron chi connectivity index (χ2n) is 7.64. The van der Waals surface area contributed by atoms with Crippen molar-refractivity contribution in [1.82, 2.24) is 14.7 Å². The fraction of sp³-hybridized carbons (Fsp3) is 0.429. The predicted molar refractivity (Wildman–Crippen MR) is 118 cm³/mol. The summed E-state index contributed by atoms with van der Waals surface area (Å²) in [5.74, 6) is 2.40. The monoisotopic (exact) mass is 415 g/mol. The zero-order valence-electron chi connectivity index (χ0n) is 17.2. The third kappa shape index (κ3) is 5.55. The number of nitrogens with zero attached hydrogens (tertiary/aromatic N) is 3. The summed E-state index contributed by atoms with van der Waals surface area (Å²) in [5, 5.41) is 3.48. The van der Waals surface area contributed by atoms with Gasteiger partial charge in [-0.2, -0.15) is 0 Å². The van der Waals surface area contributed by atoms with Crippen LogP contribution in [0, 0.1) is 6.92 Å². The highest BCUT2D eigenvalue weighted by Crippen LogP contribution is 2.24. The van der Waals surface area contributed by atoms with E-state index in [1.54, 1.807) is 30.3 Å². The van der Waals surface area contributed by atoms with Crippen LogP contribution < -0.4 is 14.9 Å². The largest absolute Gasteiger partial charge is 0.367 e. The van der Waals surface area contributed by atoms with Crippen LogP contribution in [0.5, 0.6) is 0 Å². The number of sulfonamides is 1. The van der Waals surface area contributed by atoms with E-state index in [9.17, 15) is 8.42 Å². The lowest BCUT2D eigenvalue weighted by molar-refractivity contribution is 0.387. The van der Waals surface area contributed by atoms with Gasteiger partial charge in [-0.3, -0.25) is 0 Å². The summed E-state index contributed by atoms with van der Waals surface area (Å²) < 4.78 is 28.1. The number of nitrogens with one attached hydrogen (secondary N) is 2. The van der Waals surface area contributed by atoms with Crippen LogP contribution in [0.3, 0.4) is 0 Å². The van der Waals surface area contributed by atoms with Crippen LogP contribution in [0.15, 0.2) is 41.8 Å². The summed E-state index contributed by atoms with van der Waals surface area (Å²) in [6.07, 6.45) is 5.02. The lowest BCUT2D eigenvalue weighted by atomic mass is 9.92. The first kappa shape index (κ1) is 21.3. The Balaban J connectivity index is 1.57. The van der Waals surface area contributed by atoms with E-state index in [-0.39, 0.29) is 17.0 Å². The molecule has 1 aromatic heterocycles. The Labute approximate surface area is 173 Å². The average molecular weight is 416 g/mol. The molecule has 0 saturated heterocycles. The molecule has 156 valence electrons. The van der Waals surface area contributed by atoms with Gasteiger partial charge in [0.2, 0.25) is 10.0 Å². The Morgan fingerprint density at radius 1 is 1.07 bits per heavy atom. The van der Waals surface area contributed by atoms with Gasteiger partial charge in [-0.1, -0.05) is 24.8 Å². The molecule has 0 unspecified atom stereocenters. The molecular formula is C21H29N5O2S. The first-order chi connectivity index (χ1) is 13.8. The Morgan fingerprint density at radius 2 is 1.69 bits per heavy atom. The molecule has 3 rings (SSSR count). The van der Waals surface area contributed by atoms with Crippen LogP contribution in [0.1, 0.15) is 37.1 Å². The number of anilines is 2. The van der Waals surface area contributed by atoms with Crippen LogP contribution in [0.4, 0.5) is 11.6 Å². The summed E-state index contributed by atoms with van der Waals surface area (Å²) in [6.45, 7) is 5.57. The maximum atomic E-state index is 12.6. The van der Waals surface area contributed by atoms with E-state index < -0.39 is 10.0 Å². The second-order valence-corrected chi connectivity index (χ2v) is 9.35. The van der Waals surface area contributed by atoms with Crippen molar-refractivity contribution in [3.05, 3.63) is 48.3 Å². The molecule has 1 aromatic carbocycles. The van der Waals surface area contributed by atoms with Crippen molar-refractivity contribution >= 4 is 27.7 Å². The van der Waals surface area contributed by atoms with Crippen LogP contribution in [0.2, 0.25) is 0 Å². The van der Waals surface area contributed by atoms with Crippen LogP contribution >= 0.6 is 0 Å². The zero-order chi connectivity index (χ0) is 21.0. The lowest BCUT2D eigenvalue weighted by Crippen LogP contribution is -2.40. The molecule has 1 aliphatic carbocycles. The molecule has 1 aliphatic rings. The highest BCUT2D eigenvalue weighted by atomic mass is 32.2. The molecule has 2 N–H and O–H groups in total. The van der Waals surface area contributed by atoms with Crippen LogP contribution in [-0.2, 0) is 10.0 Å². The van der Waals surface area contributed by atoms with Gasteiger partial charge >= 0.3 is 0 Å². The summed E-state index contributed by atoms with van der Waals surface area (Å²) in [5.41, 5.74) is 0.896. The minimum atomic E-state index is -3.51. The van der Waals surface area contributed by atoms with Gasteiger partial charge in [-0.15, -0.1) is 0 Å². The number of rotatable bonds is 7. The number of aromatic nitrogens is 2. The third-order valence-corrected chi connectivity index (χ3v) is 6.65. The normalized spacial score (nSPS) is 19.6. The Kier molecular flexibility index (Phi) is 6.54. The molecule has 0 aliphatic heterocycles. The smallest absolute Gasteiger partial charge is 0.240 e. The van der Waals surface area contributed by atoms with Gasteiger partial charge in [0, 0.05) is 32.2 Å². The molecule has 7 nitrogen and oxygen atoms in total. The van der Waals surface area contributed by atoms with E-state index in [1.165, 1.54) is 0 Å². The molecular weight excluding hydrogens is 386 g/mol. The number of aryl methyl sites for hydroxylation is 1. The fourth-order valence-electron chi connectivity index (χ4n) is 3.49. The molecule has 29 heavy (non-hydrogen) atoms. The van der Waals surface area contributed by atoms with E-state index >= 15 is 0 Å². The number of hydrogen-bond acceptors (Lipinski definition) is 6. The second kappa shape index (κ2) is 8.92. The van der Waals surface area contributed by atoms with Crippen LogP contribution in [0.25, 0.3) is 6.08 Å². The van der Waals surface area contributed by atoms with Crippen molar-refractivity contribution < 1.29 is 8.42 Å². The van der Waals surface area contributed by atoms with Gasteiger partial charge in [0.25, 0.3) is 0 Å². The molecule has 1 saturated carbocycles. The highest BCUT2D eigenvalue weighted by Gasteiger charge is 2.26. The summed E-state index contributed by atoms with van der Waals surface area (Å²) in [4.78, 5) is 11.1. The van der Waals surface area contributed by atoms with E-state index in [0.717, 1.165) is 48.7 Å². The molecule has 2 aromatic rings. The summed E-state index contributed by atoms with van der Waals surface area (Å²) >= 11 is 0. The van der Waals surface area contributed by atoms with E-state index in [1.807, 2.05) is 32.0 Å². The topological polar surface area (TPSA) is 87.2 Å². The van der Waals surface area contributed by atoms with Crippen molar-refractivity contribution in [3.63, 3.8) is 0 Å². The number of hydrogen-bond donors (Lipinski definition) is 2. The maximum absolute atomic E-state index is 12.6. The van der Waals surface area contributed by atoms with Crippen molar-refractivity contribution in [2.24, 2.45) is 0 Å². The molecule has 0 spiro atoms. The minimum absolute atomic E-state index is 0.0541. The van der Waals surface area contributed by atoms with Gasteiger partial charge in [-0.25, -0.2) is 23.1 Å². The summed E-state index contributed by atoms with van der Waals surface area (Å²) in [7, 11) is 0.392. The highest BCUT2D eigenvalue weighted by molar-refractivity contribution is 7.89. The third-order valence-electron chi connectivity index (χ3n) is 5.11. The first-order valence-electron chi connectivity index (χ1n) is 9.81. The van der Waals surface area contributed by atoms with Gasteiger partial charge in [0.1, 0.15) is 17.5 Å². The van der Waals surface area contributed by atoms with E-state index in [0.29, 0.717) is 0 Å². The zero-order valence-corrected chi connectivity index (χ0v) is 18.0. The Bertz CT molecular complexity index is 950. The minimum Gasteiger partial charge on any atom is -0.367 e. The molecule has 0 atom stereocenters. The van der Waals surface area contributed by atoms with Crippen LogP contribution in [-0.4, -0.2) is 44.6 Å². The van der Waals surface area contributed by atoms with Gasteiger partial charge in [0.05, 0.1) is 4.90 Å². The molecule has 0 radical (unpaired) electrons. The predicted octanol–water partition coefficient (Wildman–Crippen LogP) is 3.20. The number of benzene rings is 1. The molecule has 0 bridgehead atoms. The lowest BCUT2D eigenvalue weighted by Gasteiger charge is -2.30. The van der Waals surface area contributed by atoms with Gasteiger partial charge in [-0.05, 0) is 50.3 Å².